The number of ether oxygens (including phenoxy) is 1. The Labute approximate surface area is 168 Å². The van der Waals surface area contributed by atoms with Crippen molar-refractivity contribution in [3.63, 3.8) is 0 Å². The van der Waals surface area contributed by atoms with Gasteiger partial charge >= 0.3 is 5.97 Å². The van der Waals surface area contributed by atoms with Gasteiger partial charge in [0.2, 0.25) is 0 Å². The van der Waals surface area contributed by atoms with E-state index in [1.807, 2.05) is 31.2 Å². The van der Waals surface area contributed by atoms with E-state index >= 15 is 0 Å². The van der Waals surface area contributed by atoms with E-state index in [9.17, 15) is 14.4 Å². The molecule has 0 saturated heterocycles. The molecule has 3 rings (SSSR count). The topological polar surface area (TPSA) is 101 Å². The Morgan fingerprint density at radius 2 is 1.72 bits per heavy atom. The minimum atomic E-state index is -0.596. The van der Waals surface area contributed by atoms with E-state index in [2.05, 4.69) is 15.5 Å². The number of esters is 1. The molecule has 0 aliphatic heterocycles. The fourth-order valence-electron chi connectivity index (χ4n) is 3.04. The Hall–Kier alpha value is -3.48. The van der Waals surface area contributed by atoms with Crippen LogP contribution in [0.2, 0.25) is 0 Å². The number of hydrogen-bond acceptors (Lipinski definition) is 5. The predicted octanol–water partition coefficient (Wildman–Crippen LogP) is 3.04. The van der Waals surface area contributed by atoms with Crippen LogP contribution >= 0.6 is 0 Å². The highest BCUT2D eigenvalue weighted by Gasteiger charge is 2.23. The molecular formula is C22H23N3O4. The summed E-state index contributed by atoms with van der Waals surface area (Å²) in [7, 11) is 0. The number of aromatic amines is 1. The number of carbonyl (C=O) groups excluding carboxylic acids is 2. The molecule has 1 atom stereocenters. The van der Waals surface area contributed by atoms with Crippen LogP contribution in [-0.2, 0) is 9.53 Å². The molecule has 0 unspecified atom stereocenters. The molecule has 1 amide bonds. The zero-order valence-corrected chi connectivity index (χ0v) is 16.6. The van der Waals surface area contributed by atoms with Gasteiger partial charge in [-0.25, -0.2) is 5.10 Å². The summed E-state index contributed by atoms with van der Waals surface area (Å²) in [6, 6.07) is 13.7. The SMILES string of the molecule is Cc1ccc([C@@H](CC(=O)OC(C)C)NC(=O)c2n[nH]c(=O)c3ccccc23)cc1. The molecule has 2 N–H and O–H groups in total. The summed E-state index contributed by atoms with van der Waals surface area (Å²) >= 11 is 0. The minimum Gasteiger partial charge on any atom is -0.463 e. The van der Waals surface area contributed by atoms with Gasteiger partial charge in [-0.1, -0.05) is 48.0 Å². The molecule has 0 radical (unpaired) electrons. The number of rotatable bonds is 6. The molecule has 29 heavy (non-hydrogen) atoms. The number of H-pyrrole nitrogens is 1. The number of nitrogens with one attached hydrogen (secondary N) is 2. The lowest BCUT2D eigenvalue weighted by Gasteiger charge is -2.20. The number of carbonyl (C=O) groups is 2. The van der Waals surface area contributed by atoms with Gasteiger partial charge in [-0.2, -0.15) is 5.10 Å². The maximum absolute atomic E-state index is 13.0. The average molecular weight is 393 g/mol. The molecule has 2 aromatic carbocycles. The van der Waals surface area contributed by atoms with Gasteiger partial charge in [-0.3, -0.25) is 14.4 Å². The lowest BCUT2D eigenvalue weighted by atomic mass is 10.0. The zero-order valence-electron chi connectivity index (χ0n) is 16.6. The monoisotopic (exact) mass is 393 g/mol. The van der Waals surface area contributed by atoms with E-state index in [1.165, 1.54) is 0 Å². The Morgan fingerprint density at radius 1 is 1.07 bits per heavy atom. The molecule has 0 spiro atoms. The zero-order chi connectivity index (χ0) is 21.0. The van der Waals surface area contributed by atoms with Gasteiger partial charge in [0, 0.05) is 5.39 Å². The number of hydrogen-bond donors (Lipinski definition) is 2. The largest absolute Gasteiger partial charge is 0.463 e. The molecule has 1 aromatic heterocycles. The second-order valence-corrected chi connectivity index (χ2v) is 7.13. The summed E-state index contributed by atoms with van der Waals surface area (Å²) < 4.78 is 5.25. The van der Waals surface area contributed by atoms with Crippen molar-refractivity contribution < 1.29 is 14.3 Å². The Bertz CT molecular complexity index is 1090. The highest BCUT2D eigenvalue weighted by atomic mass is 16.5. The Balaban J connectivity index is 1.92. The second-order valence-electron chi connectivity index (χ2n) is 7.13. The van der Waals surface area contributed by atoms with E-state index in [-0.39, 0.29) is 23.8 Å². The molecular weight excluding hydrogens is 370 g/mol. The first-order valence-electron chi connectivity index (χ1n) is 9.39. The molecule has 0 fully saturated rings. The molecule has 0 aliphatic rings. The van der Waals surface area contributed by atoms with Gasteiger partial charge in [0.05, 0.1) is 24.0 Å². The van der Waals surface area contributed by atoms with Gasteiger partial charge < -0.3 is 10.1 Å². The van der Waals surface area contributed by atoms with Gasteiger partial charge in [0.1, 0.15) is 0 Å². The van der Waals surface area contributed by atoms with Crippen molar-refractivity contribution >= 4 is 22.6 Å². The molecule has 0 aliphatic carbocycles. The molecule has 0 bridgehead atoms. The van der Waals surface area contributed by atoms with Crippen molar-refractivity contribution in [1.29, 1.82) is 0 Å². The summed E-state index contributed by atoms with van der Waals surface area (Å²) in [5, 5.41) is 9.96. The highest BCUT2D eigenvalue weighted by Crippen LogP contribution is 2.20. The number of aromatic nitrogens is 2. The van der Waals surface area contributed by atoms with Gasteiger partial charge in [0.15, 0.2) is 5.69 Å². The third-order valence-electron chi connectivity index (χ3n) is 4.43. The van der Waals surface area contributed by atoms with Crippen LogP contribution in [0.15, 0.2) is 53.3 Å². The Kier molecular flexibility index (Phi) is 6.07. The first-order chi connectivity index (χ1) is 13.8. The number of amides is 1. The molecule has 3 aromatic rings. The van der Waals surface area contributed by atoms with E-state index in [0.717, 1.165) is 11.1 Å². The van der Waals surface area contributed by atoms with Crippen LogP contribution in [0.1, 0.15) is 47.9 Å². The number of fused-ring (bicyclic) bond motifs is 1. The Morgan fingerprint density at radius 3 is 2.38 bits per heavy atom. The van der Waals surface area contributed by atoms with E-state index in [1.54, 1.807) is 38.1 Å². The van der Waals surface area contributed by atoms with E-state index < -0.39 is 17.9 Å². The van der Waals surface area contributed by atoms with Gasteiger partial charge in [-0.15, -0.1) is 0 Å². The van der Waals surface area contributed by atoms with Gasteiger partial charge in [-0.05, 0) is 32.4 Å². The quantitative estimate of drug-likeness (QED) is 0.627. The van der Waals surface area contributed by atoms with Crippen LogP contribution in [0, 0.1) is 6.92 Å². The summed E-state index contributed by atoms with van der Waals surface area (Å²) in [4.78, 5) is 37.2. The molecule has 0 saturated carbocycles. The normalized spacial score (nSPS) is 12.0. The van der Waals surface area contributed by atoms with Gasteiger partial charge in [0.25, 0.3) is 11.5 Å². The van der Waals surface area contributed by atoms with Crippen molar-refractivity contribution in [1.82, 2.24) is 15.5 Å². The number of aryl methyl sites for hydroxylation is 1. The standard InChI is InChI=1S/C22H23N3O4/c1-13(2)29-19(26)12-18(15-10-8-14(3)9-11-15)23-22(28)20-16-6-4-5-7-17(16)21(27)25-24-20/h4-11,13,18H,12H2,1-3H3,(H,23,28)(H,25,27)/t18-/m1/s1. The van der Waals surface area contributed by atoms with Crippen LogP contribution < -0.4 is 10.9 Å². The highest BCUT2D eigenvalue weighted by molar-refractivity contribution is 6.04. The van der Waals surface area contributed by atoms with Crippen molar-refractivity contribution in [3.8, 4) is 0 Å². The van der Waals surface area contributed by atoms with Crippen LogP contribution in [0.25, 0.3) is 10.8 Å². The smallest absolute Gasteiger partial charge is 0.308 e. The summed E-state index contributed by atoms with van der Waals surface area (Å²) in [5.74, 6) is -0.898. The van der Waals surface area contributed by atoms with Crippen LogP contribution in [-0.4, -0.2) is 28.2 Å². The first kappa shape index (κ1) is 20.3. The summed E-state index contributed by atoms with van der Waals surface area (Å²) in [5.41, 5.74) is 1.57. The van der Waals surface area contributed by atoms with Crippen molar-refractivity contribution in [3.05, 3.63) is 75.7 Å². The molecule has 1 heterocycles. The van der Waals surface area contributed by atoms with E-state index in [0.29, 0.717) is 10.8 Å². The van der Waals surface area contributed by atoms with Crippen LogP contribution in [0.5, 0.6) is 0 Å². The molecule has 7 heteroatoms. The van der Waals surface area contributed by atoms with Crippen molar-refractivity contribution in [2.45, 2.75) is 39.3 Å². The first-order valence-corrected chi connectivity index (χ1v) is 9.39. The lowest BCUT2D eigenvalue weighted by molar-refractivity contribution is -0.147. The molecule has 7 nitrogen and oxygen atoms in total. The van der Waals surface area contributed by atoms with Crippen LogP contribution in [0.4, 0.5) is 0 Å². The minimum absolute atomic E-state index is 0.0196. The van der Waals surface area contributed by atoms with Crippen LogP contribution in [0.3, 0.4) is 0 Å². The number of nitrogens with zero attached hydrogens (tertiary/aromatic N) is 1. The van der Waals surface area contributed by atoms with E-state index in [4.69, 9.17) is 4.74 Å². The third-order valence-corrected chi connectivity index (χ3v) is 4.43. The fraction of sp³-hybridized carbons (Fsp3) is 0.273. The fourth-order valence-corrected chi connectivity index (χ4v) is 3.04. The lowest BCUT2D eigenvalue weighted by Crippen LogP contribution is -2.32. The number of benzene rings is 2. The third kappa shape index (κ3) is 4.87. The maximum Gasteiger partial charge on any atom is 0.308 e. The maximum atomic E-state index is 13.0. The van der Waals surface area contributed by atoms with Crippen molar-refractivity contribution in [2.24, 2.45) is 0 Å². The predicted molar refractivity (Wildman–Crippen MR) is 110 cm³/mol. The molecule has 150 valence electrons. The summed E-state index contributed by atoms with van der Waals surface area (Å²) in [6.07, 6.45) is -0.268. The second kappa shape index (κ2) is 8.68. The average Bonchev–Trinajstić information content (AvgIpc) is 2.68. The summed E-state index contributed by atoms with van der Waals surface area (Å²) in [6.45, 7) is 5.50. The van der Waals surface area contributed by atoms with Crippen molar-refractivity contribution in [2.75, 3.05) is 0 Å².